The summed E-state index contributed by atoms with van der Waals surface area (Å²) in [6, 6.07) is 8.46. The van der Waals surface area contributed by atoms with Crippen molar-refractivity contribution in [3.63, 3.8) is 0 Å². The molecule has 0 radical (unpaired) electrons. The molecule has 1 N–H and O–H groups in total. The average molecular weight is 643 g/mol. The van der Waals surface area contributed by atoms with Gasteiger partial charge < -0.3 is 19.4 Å². The summed E-state index contributed by atoms with van der Waals surface area (Å²) in [6.07, 6.45) is -5.08. The fraction of sp³-hybridized carbons (Fsp3) is 0.464. The van der Waals surface area contributed by atoms with Gasteiger partial charge in [0.1, 0.15) is 10.6 Å². The normalized spacial score (nSPS) is 19.7. The topological polar surface area (TPSA) is 124 Å². The fourth-order valence-electron chi connectivity index (χ4n) is 5.47. The smallest absolute Gasteiger partial charge is 0.475 e. The first-order valence-electron chi connectivity index (χ1n) is 13.5. The lowest BCUT2D eigenvalue weighted by Crippen LogP contribution is -2.51. The van der Waals surface area contributed by atoms with Crippen LogP contribution in [0.3, 0.4) is 0 Å². The van der Waals surface area contributed by atoms with Crippen LogP contribution in [0.1, 0.15) is 34.1 Å². The third-order valence-electron chi connectivity index (χ3n) is 7.68. The monoisotopic (exact) mass is 642 g/mol. The third kappa shape index (κ3) is 7.04. The molecule has 0 saturated carbocycles. The van der Waals surface area contributed by atoms with Gasteiger partial charge in [0, 0.05) is 50.9 Å². The van der Waals surface area contributed by atoms with Crippen molar-refractivity contribution in [2.45, 2.75) is 44.7 Å². The third-order valence-corrected chi connectivity index (χ3v) is 10.5. The molecular weight excluding hydrogens is 609 g/mol. The van der Waals surface area contributed by atoms with Crippen molar-refractivity contribution in [1.82, 2.24) is 14.4 Å². The molecule has 0 bridgehead atoms. The van der Waals surface area contributed by atoms with Gasteiger partial charge in [-0.25, -0.2) is 13.2 Å². The zero-order chi connectivity index (χ0) is 31.7. The number of sulfonamides is 1. The van der Waals surface area contributed by atoms with Crippen molar-refractivity contribution in [1.29, 1.82) is 0 Å². The summed E-state index contributed by atoms with van der Waals surface area (Å²) in [6.45, 7) is 10.6. The van der Waals surface area contributed by atoms with E-state index in [9.17, 15) is 26.4 Å². The van der Waals surface area contributed by atoms with Crippen molar-refractivity contribution in [2.75, 3.05) is 44.2 Å². The number of halogens is 3. The number of carbonyl (C=O) groups excluding carboxylic acids is 1. The minimum atomic E-state index is -5.08. The Balaban J connectivity index is 0.000000541. The fourth-order valence-corrected chi connectivity index (χ4v) is 7.98. The van der Waals surface area contributed by atoms with Crippen LogP contribution in [-0.4, -0.2) is 85.2 Å². The average Bonchev–Trinajstić information content (AvgIpc) is 3.70. The highest BCUT2D eigenvalue weighted by Gasteiger charge is 2.46. The molecule has 1 unspecified atom stereocenters. The van der Waals surface area contributed by atoms with E-state index in [0.29, 0.717) is 18.8 Å². The van der Waals surface area contributed by atoms with E-state index in [2.05, 4.69) is 42.1 Å². The van der Waals surface area contributed by atoms with Crippen molar-refractivity contribution in [3.8, 4) is 0 Å². The lowest BCUT2D eigenvalue weighted by molar-refractivity contribution is -0.192. The largest absolute Gasteiger partial charge is 0.490 e. The molecule has 2 saturated heterocycles. The summed E-state index contributed by atoms with van der Waals surface area (Å²) in [5.41, 5.74) is 5.03. The molecule has 2 aliphatic heterocycles. The number of aromatic nitrogens is 1. The van der Waals surface area contributed by atoms with E-state index in [1.165, 1.54) is 21.1 Å². The zero-order valence-electron chi connectivity index (χ0n) is 24.1. The highest BCUT2D eigenvalue weighted by atomic mass is 32.2. The number of alkyl halides is 3. The maximum absolute atomic E-state index is 13.8. The second kappa shape index (κ2) is 12.7. The number of nitrogens with zero attached hydrogens (tertiary/aromatic N) is 4. The molecule has 2 aromatic heterocycles. The van der Waals surface area contributed by atoms with Crippen LogP contribution in [0.4, 0.5) is 18.9 Å². The number of hydrogen-bond donors (Lipinski definition) is 1. The lowest BCUT2D eigenvalue weighted by atomic mass is 9.89. The van der Waals surface area contributed by atoms with Crippen LogP contribution in [0.5, 0.6) is 0 Å². The highest BCUT2D eigenvalue weighted by molar-refractivity contribution is 7.89. The molecule has 234 valence electrons. The standard InChI is InChI=1S/C26H32N4O4S2.C2HF3O2/c1-17-5-6-18(2)24(13-17)28-8-10-29(11-9-28)26(31)23-15-30(14-22(23)21-7-12-35-16-21)36(32,33)25-19(3)27-34-20(25)4;3-2(4,5)1(6)7/h5-7,12-13,16,22-23H,8-11,14-15H2,1-4H3;(H,6,7)/t22?,23-;/m1./s1. The molecule has 0 spiro atoms. The first kappa shape index (κ1) is 32.5. The van der Waals surface area contributed by atoms with Crippen molar-refractivity contribution in [3.05, 3.63) is 63.2 Å². The summed E-state index contributed by atoms with van der Waals surface area (Å²) >= 11 is 1.56. The maximum Gasteiger partial charge on any atom is 0.490 e. The molecule has 43 heavy (non-hydrogen) atoms. The molecule has 2 aliphatic rings. The number of rotatable bonds is 5. The van der Waals surface area contributed by atoms with Gasteiger partial charge in [-0.2, -0.15) is 28.8 Å². The SMILES string of the molecule is Cc1ccc(C)c(N2CCN(C(=O)[C@@H]3CN(S(=O)(=O)c4c(C)noc4C)CC3c3ccsc3)CC2)c1.O=C(O)C(F)(F)F. The van der Waals surface area contributed by atoms with Gasteiger partial charge in [0.05, 0.1) is 5.92 Å². The number of carbonyl (C=O) groups is 2. The van der Waals surface area contributed by atoms with Crippen LogP contribution in [-0.2, 0) is 19.6 Å². The summed E-state index contributed by atoms with van der Waals surface area (Å²) in [7, 11) is -3.83. The second-order valence-electron chi connectivity index (χ2n) is 10.7. The van der Waals surface area contributed by atoms with Crippen molar-refractivity contribution >= 4 is 38.9 Å². The molecule has 4 heterocycles. The number of carboxylic acids is 1. The van der Waals surface area contributed by atoms with Crippen LogP contribution in [0.25, 0.3) is 0 Å². The van der Waals surface area contributed by atoms with Gasteiger partial charge in [-0.1, -0.05) is 17.3 Å². The van der Waals surface area contributed by atoms with Gasteiger partial charge in [-0.15, -0.1) is 0 Å². The molecule has 2 atom stereocenters. The summed E-state index contributed by atoms with van der Waals surface area (Å²) < 4.78 is 65.4. The Kier molecular flexibility index (Phi) is 9.57. The number of thiophene rings is 1. The molecule has 0 aliphatic carbocycles. The summed E-state index contributed by atoms with van der Waals surface area (Å²) in [5.74, 6) is -3.06. The Labute approximate surface area is 251 Å². The number of piperazine rings is 1. The van der Waals surface area contributed by atoms with Crippen LogP contribution >= 0.6 is 11.3 Å². The molecule has 3 aromatic rings. The van der Waals surface area contributed by atoms with Gasteiger partial charge in [0.2, 0.25) is 15.9 Å². The molecule has 1 amide bonds. The van der Waals surface area contributed by atoms with Gasteiger partial charge in [0.25, 0.3) is 0 Å². The van der Waals surface area contributed by atoms with E-state index in [0.717, 1.165) is 18.7 Å². The van der Waals surface area contributed by atoms with E-state index < -0.39 is 28.1 Å². The highest BCUT2D eigenvalue weighted by Crippen LogP contribution is 2.39. The Hall–Kier alpha value is -3.43. The minimum absolute atomic E-state index is 0.0308. The van der Waals surface area contributed by atoms with E-state index in [1.54, 1.807) is 25.2 Å². The predicted octanol–water partition coefficient (Wildman–Crippen LogP) is 4.36. The second-order valence-corrected chi connectivity index (χ2v) is 13.3. The maximum atomic E-state index is 13.8. The van der Waals surface area contributed by atoms with Gasteiger partial charge in [-0.05, 0) is 67.3 Å². The Bertz CT molecular complexity index is 1550. The lowest BCUT2D eigenvalue weighted by Gasteiger charge is -2.38. The Morgan fingerprint density at radius 2 is 1.70 bits per heavy atom. The number of benzene rings is 1. The first-order valence-corrected chi connectivity index (χ1v) is 15.9. The van der Waals surface area contributed by atoms with Crippen LogP contribution in [0.15, 0.2) is 44.4 Å². The van der Waals surface area contributed by atoms with E-state index in [1.807, 2.05) is 21.7 Å². The number of aryl methyl sites for hydroxylation is 4. The Morgan fingerprint density at radius 3 is 2.23 bits per heavy atom. The minimum Gasteiger partial charge on any atom is -0.475 e. The summed E-state index contributed by atoms with van der Waals surface area (Å²) in [4.78, 5) is 27.1. The van der Waals surface area contributed by atoms with E-state index >= 15 is 0 Å². The van der Waals surface area contributed by atoms with Gasteiger partial charge in [0.15, 0.2) is 5.76 Å². The Morgan fingerprint density at radius 1 is 1.05 bits per heavy atom. The number of amides is 1. The van der Waals surface area contributed by atoms with Crippen molar-refractivity contribution in [2.24, 2.45) is 5.92 Å². The van der Waals surface area contributed by atoms with E-state index in [-0.39, 0.29) is 35.6 Å². The number of aliphatic carboxylic acids is 1. The van der Waals surface area contributed by atoms with Gasteiger partial charge in [-0.3, -0.25) is 4.79 Å². The van der Waals surface area contributed by atoms with Crippen LogP contribution in [0.2, 0.25) is 0 Å². The zero-order valence-corrected chi connectivity index (χ0v) is 25.7. The molecule has 10 nitrogen and oxygen atoms in total. The number of hydrogen-bond acceptors (Lipinski definition) is 8. The van der Waals surface area contributed by atoms with Crippen molar-refractivity contribution < 1.29 is 40.8 Å². The first-order chi connectivity index (χ1) is 20.1. The van der Waals surface area contributed by atoms with Crippen LogP contribution in [0, 0.1) is 33.6 Å². The number of carboxylic acid groups (broad SMARTS) is 1. The van der Waals surface area contributed by atoms with E-state index in [4.69, 9.17) is 14.4 Å². The summed E-state index contributed by atoms with van der Waals surface area (Å²) in [5, 5.41) is 15.0. The predicted molar refractivity (Wildman–Crippen MR) is 154 cm³/mol. The quantitative estimate of drug-likeness (QED) is 0.436. The van der Waals surface area contributed by atoms with Crippen LogP contribution < -0.4 is 4.90 Å². The molecular formula is C28H33F3N4O6S2. The molecule has 2 fully saturated rings. The number of anilines is 1. The molecule has 5 rings (SSSR count). The molecule has 1 aromatic carbocycles. The van der Waals surface area contributed by atoms with Gasteiger partial charge >= 0.3 is 12.1 Å². The molecule has 15 heteroatoms.